The van der Waals surface area contributed by atoms with Crippen LogP contribution in [0.1, 0.15) is 5.82 Å². The largest absolute Gasteiger partial charge is 0.488 e. The predicted octanol–water partition coefficient (Wildman–Crippen LogP) is 5.50. The van der Waals surface area contributed by atoms with Gasteiger partial charge in [0.25, 0.3) is 0 Å². The molecule has 5 nitrogen and oxygen atoms in total. The van der Waals surface area contributed by atoms with Gasteiger partial charge in [-0.2, -0.15) is 0 Å². The summed E-state index contributed by atoms with van der Waals surface area (Å²) in [6.07, 6.45) is -0.893. The molecule has 1 aromatic heterocycles. The molecular weight excluding hydrogens is 442 g/mol. The Kier molecular flexibility index (Phi) is 6.61. The van der Waals surface area contributed by atoms with E-state index in [2.05, 4.69) is 4.98 Å². The first-order chi connectivity index (χ1) is 15.0. The summed E-state index contributed by atoms with van der Waals surface area (Å²) in [5, 5.41) is 11.5. The average molecular weight is 461 g/mol. The number of hydrogen-bond donors (Lipinski definition) is 1. The van der Waals surface area contributed by atoms with Gasteiger partial charge in [-0.1, -0.05) is 47.5 Å². The number of imidazole rings is 1. The molecule has 0 fully saturated rings. The first-order valence-electron chi connectivity index (χ1n) is 9.58. The van der Waals surface area contributed by atoms with Crippen molar-refractivity contribution in [1.82, 2.24) is 9.55 Å². The average Bonchev–Trinajstić information content (AvgIpc) is 3.10. The molecule has 0 aliphatic rings. The number of para-hydroxylation sites is 3. The summed E-state index contributed by atoms with van der Waals surface area (Å²) in [6.45, 7) is 0.260. The second-order valence-corrected chi connectivity index (χ2v) is 7.73. The third-order valence-electron chi connectivity index (χ3n) is 4.65. The van der Waals surface area contributed by atoms with E-state index in [4.69, 9.17) is 32.7 Å². The Morgan fingerprint density at radius 3 is 2.55 bits per heavy atom. The van der Waals surface area contributed by atoms with E-state index in [9.17, 15) is 9.50 Å². The summed E-state index contributed by atoms with van der Waals surface area (Å²) in [6, 6.07) is 18.6. The Morgan fingerprint density at radius 2 is 1.74 bits per heavy atom. The molecule has 0 amide bonds. The van der Waals surface area contributed by atoms with Gasteiger partial charge >= 0.3 is 0 Å². The third kappa shape index (κ3) is 5.10. The Labute approximate surface area is 188 Å². The Morgan fingerprint density at radius 1 is 0.968 bits per heavy atom. The van der Waals surface area contributed by atoms with E-state index >= 15 is 0 Å². The number of aliphatic hydroxyl groups excluding tert-OH is 1. The lowest BCUT2D eigenvalue weighted by molar-refractivity contribution is 0.0898. The minimum atomic E-state index is -0.893. The second kappa shape index (κ2) is 9.56. The number of fused-ring (bicyclic) bond motifs is 1. The van der Waals surface area contributed by atoms with Crippen molar-refractivity contribution < 1.29 is 19.0 Å². The summed E-state index contributed by atoms with van der Waals surface area (Å²) in [7, 11) is 0. The molecule has 160 valence electrons. The fourth-order valence-electron chi connectivity index (χ4n) is 3.19. The first-order valence-corrected chi connectivity index (χ1v) is 10.3. The lowest BCUT2D eigenvalue weighted by Gasteiger charge is -2.16. The minimum absolute atomic E-state index is 0.0727. The molecule has 0 saturated heterocycles. The SMILES string of the molecule is OC(COc1ccccc1F)Cn1c(COc2ccc(Cl)cc2Cl)nc2ccccc21. The molecule has 0 saturated carbocycles. The summed E-state index contributed by atoms with van der Waals surface area (Å²) < 4.78 is 26.9. The highest BCUT2D eigenvalue weighted by atomic mass is 35.5. The first kappa shape index (κ1) is 21.4. The standard InChI is InChI=1S/C23H19Cl2FN2O3/c24-15-9-10-21(17(25)11-15)31-14-23-27-19-6-2-3-7-20(19)28(23)12-16(29)13-30-22-8-4-1-5-18(22)26/h1-11,16,29H,12-14H2. The highest BCUT2D eigenvalue weighted by Gasteiger charge is 2.16. The lowest BCUT2D eigenvalue weighted by atomic mass is 10.3. The van der Waals surface area contributed by atoms with Crippen LogP contribution in [0.15, 0.2) is 66.7 Å². The van der Waals surface area contributed by atoms with Crippen LogP contribution in [0, 0.1) is 5.82 Å². The smallest absolute Gasteiger partial charge is 0.165 e. The number of nitrogens with zero attached hydrogens (tertiary/aromatic N) is 2. The molecular formula is C23H19Cl2FN2O3. The zero-order chi connectivity index (χ0) is 21.8. The molecule has 3 aromatic carbocycles. The van der Waals surface area contributed by atoms with Gasteiger partial charge < -0.3 is 19.1 Å². The highest BCUT2D eigenvalue weighted by molar-refractivity contribution is 6.35. The van der Waals surface area contributed by atoms with Crippen molar-refractivity contribution >= 4 is 34.2 Å². The van der Waals surface area contributed by atoms with Crippen molar-refractivity contribution in [1.29, 1.82) is 0 Å². The molecule has 0 bridgehead atoms. The molecule has 0 radical (unpaired) electrons. The Bertz CT molecular complexity index is 1200. The molecule has 4 aromatic rings. The van der Waals surface area contributed by atoms with Gasteiger partial charge in [0.1, 0.15) is 30.9 Å². The maximum absolute atomic E-state index is 13.8. The van der Waals surface area contributed by atoms with Crippen LogP contribution in [-0.2, 0) is 13.2 Å². The molecule has 0 aliphatic carbocycles. The normalized spacial score (nSPS) is 12.1. The van der Waals surface area contributed by atoms with E-state index in [-0.39, 0.29) is 25.5 Å². The molecule has 0 aliphatic heterocycles. The second-order valence-electron chi connectivity index (χ2n) is 6.89. The fourth-order valence-corrected chi connectivity index (χ4v) is 3.65. The van der Waals surface area contributed by atoms with Gasteiger partial charge in [0.15, 0.2) is 11.6 Å². The zero-order valence-electron chi connectivity index (χ0n) is 16.3. The third-order valence-corrected chi connectivity index (χ3v) is 5.18. The van der Waals surface area contributed by atoms with Crippen molar-refractivity contribution in [3.05, 3.63) is 88.4 Å². The van der Waals surface area contributed by atoms with Crippen LogP contribution < -0.4 is 9.47 Å². The molecule has 0 spiro atoms. The van der Waals surface area contributed by atoms with Crippen LogP contribution in [0.25, 0.3) is 11.0 Å². The quantitative estimate of drug-likeness (QED) is 0.377. The van der Waals surface area contributed by atoms with Crippen LogP contribution in [0.2, 0.25) is 10.0 Å². The highest BCUT2D eigenvalue weighted by Crippen LogP contribution is 2.28. The Hall–Kier alpha value is -2.80. The van der Waals surface area contributed by atoms with Crippen LogP contribution in [0.3, 0.4) is 0 Å². The molecule has 1 atom stereocenters. The summed E-state index contributed by atoms with van der Waals surface area (Å²) >= 11 is 12.1. The minimum Gasteiger partial charge on any atom is -0.488 e. The molecule has 31 heavy (non-hydrogen) atoms. The fraction of sp³-hybridized carbons (Fsp3) is 0.174. The van der Waals surface area contributed by atoms with Crippen molar-refractivity contribution in [3.8, 4) is 11.5 Å². The number of ether oxygens (including phenoxy) is 2. The van der Waals surface area contributed by atoms with Gasteiger partial charge in [-0.3, -0.25) is 0 Å². The zero-order valence-corrected chi connectivity index (χ0v) is 17.9. The summed E-state index contributed by atoms with van der Waals surface area (Å²) in [5.74, 6) is 0.708. The van der Waals surface area contributed by atoms with E-state index < -0.39 is 11.9 Å². The number of aromatic nitrogens is 2. The monoisotopic (exact) mass is 460 g/mol. The van der Waals surface area contributed by atoms with Gasteiger partial charge in [-0.25, -0.2) is 9.37 Å². The van der Waals surface area contributed by atoms with E-state index in [1.165, 1.54) is 12.1 Å². The number of halogens is 3. The molecule has 1 N–H and O–H groups in total. The molecule has 4 rings (SSSR count). The maximum Gasteiger partial charge on any atom is 0.165 e. The van der Waals surface area contributed by atoms with Gasteiger partial charge in [0.05, 0.1) is 22.6 Å². The topological polar surface area (TPSA) is 56.5 Å². The van der Waals surface area contributed by atoms with Crippen LogP contribution >= 0.6 is 23.2 Å². The summed E-state index contributed by atoms with van der Waals surface area (Å²) in [5.41, 5.74) is 1.61. The van der Waals surface area contributed by atoms with Crippen molar-refractivity contribution in [3.63, 3.8) is 0 Å². The van der Waals surface area contributed by atoms with E-state index in [0.717, 1.165) is 11.0 Å². The van der Waals surface area contributed by atoms with Gasteiger partial charge in [0, 0.05) is 5.02 Å². The molecule has 1 heterocycles. The lowest BCUT2D eigenvalue weighted by Crippen LogP contribution is -2.25. The van der Waals surface area contributed by atoms with Crippen LogP contribution in [0.4, 0.5) is 4.39 Å². The molecule has 8 heteroatoms. The van der Waals surface area contributed by atoms with Gasteiger partial charge in [-0.15, -0.1) is 0 Å². The van der Waals surface area contributed by atoms with E-state index in [1.807, 2.05) is 28.8 Å². The van der Waals surface area contributed by atoms with E-state index in [0.29, 0.717) is 21.6 Å². The van der Waals surface area contributed by atoms with Crippen molar-refractivity contribution in [2.45, 2.75) is 19.3 Å². The summed E-state index contributed by atoms with van der Waals surface area (Å²) in [4.78, 5) is 4.62. The van der Waals surface area contributed by atoms with Crippen molar-refractivity contribution in [2.75, 3.05) is 6.61 Å². The van der Waals surface area contributed by atoms with Crippen molar-refractivity contribution in [2.24, 2.45) is 0 Å². The van der Waals surface area contributed by atoms with Gasteiger partial charge in [-0.05, 0) is 42.5 Å². The molecule has 1 unspecified atom stereocenters. The number of benzene rings is 3. The number of rotatable bonds is 8. The van der Waals surface area contributed by atoms with Gasteiger partial charge in [0.2, 0.25) is 0 Å². The Balaban J connectivity index is 1.51. The number of aliphatic hydroxyl groups is 1. The maximum atomic E-state index is 13.8. The predicted molar refractivity (Wildman–Crippen MR) is 118 cm³/mol. The van der Waals surface area contributed by atoms with Crippen LogP contribution in [-0.4, -0.2) is 27.4 Å². The number of hydrogen-bond acceptors (Lipinski definition) is 4. The van der Waals surface area contributed by atoms with Crippen LogP contribution in [0.5, 0.6) is 11.5 Å². The van der Waals surface area contributed by atoms with E-state index in [1.54, 1.807) is 30.3 Å².